The topological polar surface area (TPSA) is 38.8 Å². The van der Waals surface area contributed by atoms with Crippen molar-refractivity contribution in [2.45, 2.75) is 6.92 Å². The maximum Gasteiger partial charge on any atom is 0.270 e. The molecule has 1 amide bonds. The Morgan fingerprint density at radius 2 is 2.07 bits per heavy atom. The van der Waals surface area contributed by atoms with Crippen molar-refractivity contribution >= 4 is 61.9 Å². The fourth-order valence-corrected chi connectivity index (χ4v) is 4.43. The Balaban J connectivity index is 1.97. The van der Waals surface area contributed by atoms with Crippen molar-refractivity contribution < 1.29 is 18.7 Å². The molecule has 4 nitrogen and oxygen atoms in total. The number of ether oxygens (including phenoxy) is 2. The molecule has 0 aliphatic carbocycles. The monoisotopic (exact) mass is 467 g/mol. The van der Waals surface area contributed by atoms with E-state index in [0.717, 1.165) is 17.3 Å². The van der Waals surface area contributed by atoms with Gasteiger partial charge in [0.25, 0.3) is 5.91 Å². The summed E-state index contributed by atoms with van der Waals surface area (Å²) in [6.45, 7) is 2.38. The molecule has 0 atom stereocenters. The molecule has 0 radical (unpaired) electrons. The van der Waals surface area contributed by atoms with Crippen LogP contribution in [0.5, 0.6) is 11.5 Å². The molecule has 0 N–H and O–H groups in total. The van der Waals surface area contributed by atoms with Gasteiger partial charge in [-0.3, -0.25) is 9.69 Å². The van der Waals surface area contributed by atoms with Crippen LogP contribution in [0.2, 0.25) is 0 Å². The minimum absolute atomic E-state index is 0.147. The number of halogens is 2. The summed E-state index contributed by atoms with van der Waals surface area (Å²) in [6.07, 6.45) is 1.70. The number of methoxy groups -OCH3 is 1. The molecule has 0 saturated carbocycles. The molecule has 1 heterocycles. The lowest BCUT2D eigenvalue weighted by molar-refractivity contribution is -0.113. The Hall–Kier alpha value is -1.90. The highest BCUT2D eigenvalue weighted by Crippen LogP contribution is 2.40. The van der Waals surface area contributed by atoms with Gasteiger partial charge in [0.05, 0.1) is 28.8 Å². The zero-order valence-electron chi connectivity index (χ0n) is 14.5. The van der Waals surface area contributed by atoms with Crippen LogP contribution in [0, 0.1) is 5.82 Å². The average Bonchev–Trinajstić information content (AvgIpc) is 2.91. The Morgan fingerprint density at radius 1 is 1.33 bits per heavy atom. The Morgan fingerprint density at radius 3 is 2.74 bits per heavy atom. The van der Waals surface area contributed by atoms with Gasteiger partial charge in [-0.15, -0.1) is 0 Å². The highest BCUT2D eigenvalue weighted by atomic mass is 79.9. The lowest BCUT2D eigenvalue weighted by atomic mass is 10.1. The summed E-state index contributed by atoms with van der Waals surface area (Å²) < 4.78 is 26.0. The van der Waals surface area contributed by atoms with Crippen LogP contribution >= 0.6 is 39.9 Å². The number of hydrogen-bond donors (Lipinski definition) is 0. The van der Waals surface area contributed by atoms with Gasteiger partial charge < -0.3 is 9.47 Å². The predicted octanol–water partition coefficient (Wildman–Crippen LogP) is 5.40. The van der Waals surface area contributed by atoms with E-state index in [-0.39, 0.29) is 15.9 Å². The van der Waals surface area contributed by atoms with E-state index in [2.05, 4.69) is 15.9 Å². The van der Waals surface area contributed by atoms with Gasteiger partial charge in [-0.2, -0.15) is 0 Å². The standard InChI is InChI=1S/C19H15BrFNO3S2/c1-3-25-17-12(20)8-11(9-15(17)24-2)10-16-18(23)22(19(26)27-16)14-7-5-4-6-13(14)21/h4-10H,3H2,1-2H3/b16-10-. The number of rotatable bonds is 5. The quantitative estimate of drug-likeness (QED) is 0.434. The van der Waals surface area contributed by atoms with Gasteiger partial charge in [0.15, 0.2) is 15.8 Å². The molecule has 2 aromatic rings. The number of hydrogen-bond acceptors (Lipinski definition) is 5. The zero-order valence-corrected chi connectivity index (χ0v) is 17.7. The van der Waals surface area contributed by atoms with Crippen LogP contribution in [-0.4, -0.2) is 23.9 Å². The van der Waals surface area contributed by atoms with Crippen LogP contribution in [0.3, 0.4) is 0 Å². The molecular formula is C19H15BrFNO3S2. The molecule has 1 saturated heterocycles. The van der Waals surface area contributed by atoms with E-state index in [1.807, 2.05) is 13.0 Å². The summed E-state index contributed by atoms with van der Waals surface area (Å²) in [6, 6.07) is 9.64. The maximum atomic E-state index is 14.1. The van der Waals surface area contributed by atoms with Crippen molar-refractivity contribution in [1.29, 1.82) is 0 Å². The molecule has 1 aliphatic rings. The first-order chi connectivity index (χ1) is 13.0. The summed E-state index contributed by atoms with van der Waals surface area (Å²) in [7, 11) is 1.55. The Kier molecular flexibility index (Phi) is 6.18. The first-order valence-corrected chi connectivity index (χ1v) is 10.0. The van der Waals surface area contributed by atoms with Gasteiger partial charge >= 0.3 is 0 Å². The van der Waals surface area contributed by atoms with E-state index in [0.29, 0.717) is 27.5 Å². The first-order valence-electron chi connectivity index (χ1n) is 7.99. The second kappa shape index (κ2) is 8.41. The van der Waals surface area contributed by atoms with Crippen molar-refractivity contribution in [3.8, 4) is 11.5 Å². The minimum atomic E-state index is -0.500. The van der Waals surface area contributed by atoms with Crippen molar-refractivity contribution in [2.75, 3.05) is 18.6 Å². The van der Waals surface area contributed by atoms with Gasteiger partial charge in [-0.05, 0) is 58.8 Å². The smallest absolute Gasteiger partial charge is 0.270 e. The van der Waals surface area contributed by atoms with E-state index in [4.69, 9.17) is 21.7 Å². The van der Waals surface area contributed by atoms with Crippen LogP contribution in [0.15, 0.2) is 45.8 Å². The zero-order chi connectivity index (χ0) is 19.6. The molecule has 2 aromatic carbocycles. The number of anilines is 1. The largest absolute Gasteiger partial charge is 0.493 e. The number of benzene rings is 2. The van der Waals surface area contributed by atoms with Crippen molar-refractivity contribution in [1.82, 2.24) is 0 Å². The van der Waals surface area contributed by atoms with Gasteiger partial charge in [0.1, 0.15) is 5.82 Å². The summed E-state index contributed by atoms with van der Waals surface area (Å²) in [5, 5.41) is 0. The normalized spacial score (nSPS) is 15.6. The summed E-state index contributed by atoms with van der Waals surface area (Å²) in [5.74, 6) is 0.276. The van der Waals surface area contributed by atoms with Crippen LogP contribution in [0.25, 0.3) is 6.08 Å². The van der Waals surface area contributed by atoms with E-state index in [1.54, 1.807) is 31.4 Å². The lowest BCUT2D eigenvalue weighted by Crippen LogP contribution is -2.28. The fraction of sp³-hybridized carbons (Fsp3) is 0.158. The van der Waals surface area contributed by atoms with Crippen molar-refractivity contribution in [3.05, 3.63) is 57.2 Å². The summed E-state index contributed by atoms with van der Waals surface area (Å²) >= 11 is 9.88. The van der Waals surface area contributed by atoms with E-state index in [9.17, 15) is 9.18 Å². The number of nitrogens with zero attached hydrogens (tertiary/aromatic N) is 1. The maximum absolute atomic E-state index is 14.1. The Bertz CT molecular complexity index is 949. The molecule has 140 valence electrons. The molecule has 0 spiro atoms. The number of thioether (sulfide) groups is 1. The van der Waals surface area contributed by atoms with Crippen LogP contribution in [0.1, 0.15) is 12.5 Å². The number of carbonyl (C=O) groups is 1. The van der Waals surface area contributed by atoms with E-state index < -0.39 is 5.82 Å². The number of para-hydroxylation sites is 1. The van der Waals surface area contributed by atoms with E-state index in [1.165, 1.54) is 17.0 Å². The van der Waals surface area contributed by atoms with Gasteiger partial charge in [0.2, 0.25) is 0 Å². The van der Waals surface area contributed by atoms with Crippen molar-refractivity contribution in [3.63, 3.8) is 0 Å². The predicted molar refractivity (Wildman–Crippen MR) is 114 cm³/mol. The first kappa shape index (κ1) is 19.9. The third-order valence-corrected chi connectivity index (χ3v) is 5.62. The van der Waals surface area contributed by atoms with Crippen LogP contribution < -0.4 is 14.4 Å². The number of thiocarbonyl (C=S) groups is 1. The molecule has 0 aromatic heterocycles. The summed E-state index contributed by atoms with van der Waals surface area (Å²) in [4.78, 5) is 14.4. The Labute approximate surface area is 174 Å². The second-order valence-corrected chi connectivity index (χ2v) is 7.97. The molecule has 0 unspecified atom stereocenters. The minimum Gasteiger partial charge on any atom is -0.493 e. The molecular weight excluding hydrogens is 453 g/mol. The second-order valence-electron chi connectivity index (χ2n) is 5.44. The van der Waals surface area contributed by atoms with Gasteiger partial charge in [0, 0.05) is 0 Å². The van der Waals surface area contributed by atoms with Crippen molar-refractivity contribution in [2.24, 2.45) is 0 Å². The molecule has 3 rings (SSSR count). The molecule has 1 aliphatic heterocycles. The molecule has 27 heavy (non-hydrogen) atoms. The van der Waals surface area contributed by atoms with Crippen LogP contribution in [-0.2, 0) is 4.79 Å². The number of amides is 1. The van der Waals surface area contributed by atoms with Crippen LogP contribution in [0.4, 0.5) is 10.1 Å². The highest BCUT2D eigenvalue weighted by Gasteiger charge is 2.34. The summed E-state index contributed by atoms with van der Waals surface area (Å²) in [5.41, 5.74) is 0.880. The van der Waals surface area contributed by atoms with Gasteiger partial charge in [-0.1, -0.05) is 36.1 Å². The number of carbonyl (C=O) groups excluding carboxylic acids is 1. The molecule has 0 bridgehead atoms. The third-order valence-electron chi connectivity index (χ3n) is 3.73. The SMILES string of the molecule is CCOc1c(Br)cc(/C=C2\SC(=S)N(c3ccccc3F)C2=O)cc1OC. The fourth-order valence-electron chi connectivity index (χ4n) is 2.57. The van der Waals surface area contributed by atoms with E-state index >= 15 is 0 Å². The molecule has 8 heteroatoms. The lowest BCUT2D eigenvalue weighted by Gasteiger charge is -2.15. The molecule has 1 fully saturated rings. The third kappa shape index (κ3) is 4.02. The average molecular weight is 468 g/mol. The highest BCUT2D eigenvalue weighted by molar-refractivity contribution is 9.10. The van der Waals surface area contributed by atoms with Gasteiger partial charge in [-0.25, -0.2) is 4.39 Å².